The first kappa shape index (κ1) is 9.52. The number of aliphatic carboxylic acids is 1. The molecule has 0 aliphatic heterocycles. The van der Waals surface area contributed by atoms with Gasteiger partial charge in [-0.1, -0.05) is 12.8 Å². The molecule has 0 spiro atoms. The van der Waals surface area contributed by atoms with E-state index in [1.165, 1.54) is 0 Å². The van der Waals surface area contributed by atoms with Crippen LogP contribution < -0.4 is 0 Å². The van der Waals surface area contributed by atoms with E-state index in [1.54, 1.807) is 0 Å². The molecule has 0 radical (unpaired) electrons. The van der Waals surface area contributed by atoms with Crippen molar-refractivity contribution in [2.75, 3.05) is 0 Å². The van der Waals surface area contributed by atoms with E-state index in [9.17, 15) is 9.90 Å². The van der Waals surface area contributed by atoms with Gasteiger partial charge in [-0.15, -0.1) is 0 Å². The molecule has 0 bridgehead atoms. The molecule has 2 atom stereocenters. The minimum Gasteiger partial charge on any atom is -0.481 e. The summed E-state index contributed by atoms with van der Waals surface area (Å²) in [6.07, 6.45) is 4.62. The Morgan fingerprint density at radius 2 is 2.17 bits per heavy atom. The number of rotatable bonds is 3. The van der Waals surface area contributed by atoms with Crippen molar-refractivity contribution in [3.8, 4) is 0 Å². The molecule has 1 saturated carbocycles. The highest BCUT2D eigenvalue weighted by molar-refractivity contribution is 5.66. The first-order valence-corrected chi connectivity index (χ1v) is 4.58. The largest absolute Gasteiger partial charge is 0.481 e. The Morgan fingerprint density at radius 3 is 2.75 bits per heavy atom. The van der Waals surface area contributed by atoms with Gasteiger partial charge in [-0.05, 0) is 25.2 Å². The first-order chi connectivity index (χ1) is 5.68. The maximum Gasteiger partial charge on any atom is 0.303 e. The summed E-state index contributed by atoms with van der Waals surface area (Å²) in [6.45, 7) is 0. The van der Waals surface area contributed by atoms with E-state index in [0.717, 1.165) is 32.1 Å². The molecule has 70 valence electrons. The number of hydrogen-bond donors (Lipinski definition) is 2. The van der Waals surface area contributed by atoms with Gasteiger partial charge in [-0.2, -0.15) is 0 Å². The normalized spacial score (nSPS) is 30.1. The van der Waals surface area contributed by atoms with Crippen molar-refractivity contribution in [2.45, 2.75) is 44.6 Å². The van der Waals surface area contributed by atoms with Crippen LogP contribution in [0.4, 0.5) is 0 Å². The van der Waals surface area contributed by atoms with Crippen molar-refractivity contribution < 1.29 is 15.0 Å². The van der Waals surface area contributed by atoms with Crippen molar-refractivity contribution in [3.63, 3.8) is 0 Å². The molecule has 1 aliphatic rings. The van der Waals surface area contributed by atoms with Gasteiger partial charge in [-0.3, -0.25) is 4.79 Å². The SMILES string of the molecule is O=C(O)CCC1CCCC(O)C1. The fourth-order valence-electron chi connectivity index (χ4n) is 1.85. The van der Waals surface area contributed by atoms with E-state index in [-0.39, 0.29) is 12.5 Å². The Balaban J connectivity index is 2.18. The standard InChI is InChI=1S/C9H16O3/c10-8-3-1-2-7(6-8)4-5-9(11)12/h7-8,10H,1-6H2,(H,11,12). The van der Waals surface area contributed by atoms with Crippen LogP contribution in [0.25, 0.3) is 0 Å². The highest BCUT2D eigenvalue weighted by atomic mass is 16.4. The third kappa shape index (κ3) is 3.22. The predicted molar refractivity (Wildman–Crippen MR) is 44.8 cm³/mol. The molecule has 2 N–H and O–H groups in total. The summed E-state index contributed by atoms with van der Waals surface area (Å²) in [5.41, 5.74) is 0. The van der Waals surface area contributed by atoms with Crippen LogP contribution in [0.3, 0.4) is 0 Å². The highest BCUT2D eigenvalue weighted by Crippen LogP contribution is 2.27. The Kier molecular flexibility index (Phi) is 3.53. The maximum absolute atomic E-state index is 10.3. The highest BCUT2D eigenvalue weighted by Gasteiger charge is 2.20. The average Bonchev–Trinajstić information content (AvgIpc) is 2.01. The van der Waals surface area contributed by atoms with Gasteiger partial charge in [0.05, 0.1) is 6.10 Å². The molecule has 3 nitrogen and oxygen atoms in total. The first-order valence-electron chi connectivity index (χ1n) is 4.58. The molecule has 1 rings (SSSR count). The second-order valence-corrected chi connectivity index (χ2v) is 3.62. The topological polar surface area (TPSA) is 57.5 Å². The summed E-state index contributed by atoms with van der Waals surface area (Å²) in [7, 11) is 0. The van der Waals surface area contributed by atoms with E-state index >= 15 is 0 Å². The number of hydrogen-bond acceptors (Lipinski definition) is 2. The van der Waals surface area contributed by atoms with E-state index < -0.39 is 5.97 Å². The molecular formula is C9H16O3. The van der Waals surface area contributed by atoms with Gasteiger partial charge in [0.2, 0.25) is 0 Å². The predicted octanol–water partition coefficient (Wildman–Crippen LogP) is 1.40. The number of carboxylic acid groups (broad SMARTS) is 1. The van der Waals surface area contributed by atoms with Crippen LogP contribution in [0.2, 0.25) is 0 Å². The van der Waals surface area contributed by atoms with Crippen molar-refractivity contribution in [1.82, 2.24) is 0 Å². The quantitative estimate of drug-likeness (QED) is 0.676. The fourth-order valence-corrected chi connectivity index (χ4v) is 1.85. The van der Waals surface area contributed by atoms with Crippen LogP contribution in [0, 0.1) is 5.92 Å². The molecule has 0 saturated heterocycles. The van der Waals surface area contributed by atoms with Gasteiger partial charge in [0.15, 0.2) is 0 Å². The third-order valence-electron chi connectivity index (χ3n) is 2.52. The minimum atomic E-state index is -0.727. The summed E-state index contributed by atoms with van der Waals surface area (Å²) < 4.78 is 0. The maximum atomic E-state index is 10.3. The van der Waals surface area contributed by atoms with Gasteiger partial charge in [-0.25, -0.2) is 0 Å². The van der Waals surface area contributed by atoms with Crippen molar-refractivity contribution >= 4 is 5.97 Å². The van der Waals surface area contributed by atoms with Crippen molar-refractivity contribution in [3.05, 3.63) is 0 Å². The third-order valence-corrected chi connectivity index (χ3v) is 2.52. The van der Waals surface area contributed by atoms with Crippen LogP contribution in [0.15, 0.2) is 0 Å². The monoisotopic (exact) mass is 172 g/mol. The Morgan fingerprint density at radius 1 is 1.42 bits per heavy atom. The molecule has 0 aromatic carbocycles. The van der Waals surface area contributed by atoms with E-state index in [1.807, 2.05) is 0 Å². The van der Waals surface area contributed by atoms with Crippen molar-refractivity contribution in [2.24, 2.45) is 5.92 Å². The van der Waals surface area contributed by atoms with E-state index in [2.05, 4.69) is 0 Å². The fraction of sp³-hybridized carbons (Fsp3) is 0.889. The molecule has 3 heteroatoms. The van der Waals surface area contributed by atoms with Crippen LogP contribution in [-0.2, 0) is 4.79 Å². The van der Waals surface area contributed by atoms with Gasteiger partial charge in [0.25, 0.3) is 0 Å². The number of carboxylic acids is 1. The summed E-state index contributed by atoms with van der Waals surface area (Å²) in [6, 6.07) is 0. The summed E-state index contributed by atoms with van der Waals surface area (Å²) in [4.78, 5) is 10.3. The second-order valence-electron chi connectivity index (χ2n) is 3.62. The summed E-state index contributed by atoms with van der Waals surface area (Å²) >= 11 is 0. The van der Waals surface area contributed by atoms with Crippen LogP contribution in [0.5, 0.6) is 0 Å². The number of aliphatic hydroxyl groups excluding tert-OH is 1. The Bertz CT molecular complexity index is 156. The van der Waals surface area contributed by atoms with Gasteiger partial charge < -0.3 is 10.2 Å². The lowest BCUT2D eigenvalue weighted by atomic mass is 9.84. The summed E-state index contributed by atoms with van der Waals surface area (Å²) in [5.74, 6) is -0.292. The molecule has 12 heavy (non-hydrogen) atoms. The lowest BCUT2D eigenvalue weighted by Gasteiger charge is -2.25. The summed E-state index contributed by atoms with van der Waals surface area (Å²) in [5, 5.41) is 17.7. The minimum absolute atomic E-state index is 0.183. The van der Waals surface area contributed by atoms with Gasteiger partial charge in [0.1, 0.15) is 0 Å². The molecule has 2 unspecified atom stereocenters. The van der Waals surface area contributed by atoms with E-state index in [4.69, 9.17) is 5.11 Å². The molecule has 0 amide bonds. The second kappa shape index (κ2) is 4.45. The van der Waals surface area contributed by atoms with Crippen LogP contribution >= 0.6 is 0 Å². The van der Waals surface area contributed by atoms with Crippen LogP contribution in [0.1, 0.15) is 38.5 Å². The van der Waals surface area contributed by atoms with Gasteiger partial charge in [0, 0.05) is 6.42 Å². The average molecular weight is 172 g/mol. The smallest absolute Gasteiger partial charge is 0.303 e. The Hall–Kier alpha value is -0.570. The zero-order chi connectivity index (χ0) is 8.97. The van der Waals surface area contributed by atoms with Gasteiger partial charge >= 0.3 is 5.97 Å². The molecular weight excluding hydrogens is 156 g/mol. The zero-order valence-corrected chi connectivity index (χ0v) is 7.20. The molecule has 0 aromatic heterocycles. The molecule has 1 fully saturated rings. The van der Waals surface area contributed by atoms with Crippen LogP contribution in [-0.4, -0.2) is 22.3 Å². The van der Waals surface area contributed by atoms with E-state index in [0.29, 0.717) is 5.92 Å². The Labute approximate surface area is 72.4 Å². The molecule has 0 aromatic rings. The number of aliphatic hydroxyl groups is 1. The molecule has 0 heterocycles. The lowest BCUT2D eigenvalue weighted by molar-refractivity contribution is -0.137. The van der Waals surface area contributed by atoms with Crippen molar-refractivity contribution in [1.29, 1.82) is 0 Å². The molecule has 1 aliphatic carbocycles. The number of carbonyl (C=O) groups is 1. The lowest BCUT2D eigenvalue weighted by Crippen LogP contribution is -2.20. The zero-order valence-electron chi connectivity index (χ0n) is 7.20.